The van der Waals surface area contributed by atoms with E-state index in [0.717, 1.165) is 25.5 Å². The Bertz CT molecular complexity index is 543. The van der Waals surface area contributed by atoms with E-state index in [0.29, 0.717) is 0 Å². The van der Waals surface area contributed by atoms with E-state index < -0.39 is 11.0 Å². The van der Waals surface area contributed by atoms with Crippen LogP contribution in [0.1, 0.15) is 12.5 Å². The van der Waals surface area contributed by atoms with Crippen LogP contribution in [0.15, 0.2) is 17.2 Å². The minimum Gasteiger partial charge on any atom is -0.504 e. The quantitative estimate of drug-likeness (QED) is 0.478. The minimum atomic E-state index is -0.809. The number of nitrogens with one attached hydrogen (secondary N) is 1. The third-order valence-corrected chi connectivity index (χ3v) is 2.14. The molecule has 0 heterocycles. The van der Waals surface area contributed by atoms with Crippen LogP contribution < -0.4 is 10.2 Å². The van der Waals surface area contributed by atoms with Gasteiger partial charge in [0.25, 0.3) is 5.69 Å². The van der Waals surface area contributed by atoms with Crippen LogP contribution in [-0.2, 0) is 4.74 Å². The fraction of sp³-hybridized carbons (Fsp3) is 0.273. The number of aromatic hydroxyl groups is 1. The number of ether oxygens (including phenoxy) is 2. The number of phenolic OH excluding ortho intramolecular Hbond substituents is 1. The Morgan fingerprint density at radius 3 is 2.85 bits per heavy atom. The third-order valence-electron chi connectivity index (χ3n) is 2.14. The van der Waals surface area contributed by atoms with Gasteiger partial charge in [0.05, 0.1) is 30.9 Å². The molecule has 9 nitrogen and oxygen atoms in total. The molecule has 2 N–H and O–H groups in total. The number of hydrogen-bond donors (Lipinski definition) is 2. The molecule has 9 heteroatoms. The zero-order valence-corrected chi connectivity index (χ0v) is 10.8. The Labute approximate surface area is 114 Å². The number of amides is 1. The summed E-state index contributed by atoms with van der Waals surface area (Å²) in [7, 11) is 1.16. The lowest BCUT2D eigenvalue weighted by Gasteiger charge is -2.07. The smallest absolute Gasteiger partial charge is 0.427 e. The third kappa shape index (κ3) is 3.83. The van der Waals surface area contributed by atoms with Gasteiger partial charge >= 0.3 is 6.09 Å². The van der Waals surface area contributed by atoms with Gasteiger partial charge in [-0.25, -0.2) is 10.2 Å². The molecule has 0 unspecified atom stereocenters. The van der Waals surface area contributed by atoms with Gasteiger partial charge in [0.1, 0.15) is 0 Å². The van der Waals surface area contributed by atoms with Gasteiger partial charge in [0, 0.05) is 11.6 Å². The molecule has 0 saturated carbocycles. The summed E-state index contributed by atoms with van der Waals surface area (Å²) in [6.07, 6.45) is 0.234. The topological polar surface area (TPSA) is 123 Å². The molecule has 0 atom stereocenters. The van der Waals surface area contributed by atoms with Crippen LogP contribution in [0.25, 0.3) is 0 Å². The summed E-state index contributed by atoms with van der Waals surface area (Å²) < 4.78 is 9.37. The van der Waals surface area contributed by atoms with Crippen LogP contribution >= 0.6 is 0 Å². The van der Waals surface area contributed by atoms with E-state index in [9.17, 15) is 20.0 Å². The number of benzene rings is 1. The molecule has 1 aromatic carbocycles. The molecule has 0 aromatic heterocycles. The van der Waals surface area contributed by atoms with Crippen molar-refractivity contribution in [2.75, 3.05) is 13.7 Å². The van der Waals surface area contributed by atoms with Gasteiger partial charge in [0.2, 0.25) is 0 Å². The van der Waals surface area contributed by atoms with Crippen LogP contribution in [0.3, 0.4) is 0 Å². The molecule has 0 spiro atoms. The standard InChI is InChI=1S/C11H13N3O6/c1-3-20-9-5-8(14(17)18)4-7(10(9)15)6-12-13-11(16)19-2/h4-6,15H,3H2,1-2H3,(H,13,16)/b12-6-. The average molecular weight is 283 g/mol. The first kappa shape index (κ1) is 15.2. The number of nitro groups is 1. The molecule has 0 bridgehead atoms. The predicted molar refractivity (Wildman–Crippen MR) is 69.1 cm³/mol. The molecule has 108 valence electrons. The number of phenols is 1. The number of nitrogens with zero attached hydrogens (tertiary/aromatic N) is 2. The molecule has 0 radical (unpaired) electrons. The normalized spacial score (nSPS) is 10.3. The van der Waals surface area contributed by atoms with Crippen molar-refractivity contribution in [2.24, 2.45) is 5.10 Å². The van der Waals surface area contributed by atoms with Crippen molar-refractivity contribution in [1.82, 2.24) is 5.43 Å². The highest BCUT2D eigenvalue weighted by atomic mass is 16.6. The van der Waals surface area contributed by atoms with Crippen molar-refractivity contribution in [3.63, 3.8) is 0 Å². The maximum atomic E-state index is 10.8. The maximum absolute atomic E-state index is 10.8. The second kappa shape index (κ2) is 6.92. The van der Waals surface area contributed by atoms with Gasteiger partial charge in [-0.1, -0.05) is 0 Å². The highest BCUT2D eigenvalue weighted by molar-refractivity contribution is 5.86. The second-order valence-corrected chi connectivity index (χ2v) is 3.43. The summed E-state index contributed by atoms with van der Waals surface area (Å²) in [5.41, 5.74) is 1.75. The summed E-state index contributed by atoms with van der Waals surface area (Å²) >= 11 is 0. The Balaban J connectivity index is 3.10. The fourth-order valence-corrected chi connectivity index (χ4v) is 1.28. The first-order chi connectivity index (χ1) is 9.49. The van der Waals surface area contributed by atoms with E-state index in [1.807, 2.05) is 5.43 Å². The minimum absolute atomic E-state index is 0.0269. The van der Waals surface area contributed by atoms with E-state index in [-0.39, 0.29) is 29.4 Å². The molecule has 0 fully saturated rings. The highest BCUT2D eigenvalue weighted by Gasteiger charge is 2.16. The van der Waals surface area contributed by atoms with Crippen molar-refractivity contribution in [3.8, 4) is 11.5 Å². The lowest BCUT2D eigenvalue weighted by atomic mass is 10.1. The largest absolute Gasteiger partial charge is 0.504 e. The molecule has 1 rings (SSSR count). The van der Waals surface area contributed by atoms with Crippen LogP contribution in [-0.4, -0.2) is 36.1 Å². The predicted octanol–water partition coefficient (Wildman–Crippen LogP) is 1.39. The number of carbonyl (C=O) groups excluding carboxylic acids is 1. The van der Waals surface area contributed by atoms with E-state index in [4.69, 9.17) is 4.74 Å². The highest BCUT2D eigenvalue weighted by Crippen LogP contribution is 2.33. The average Bonchev–Trinajstić information content (AvgIpc) is 2.42. The number of methoxy groups -OCH3 is 1. The molecule has 0 aliphatic rings. The van der Waals surface area contributed by atoms with E-state index in [1.54, 1.807) is 6.92 Å². The second-order valence-electron chi connectivity index (χ2n) is 3.43. The lowest BCUT2D eigenvalue weighted by Crippen LogP contribution is -2.16. The van der Waals surface area contributed by atoms with Crippen LogP contribution in [0.2, 0.25) is 0 Å². The SMILES string of the molecule is CCOc1cc([N+](=O)[O-])cc(/C=N\NC(=O)OC)c1O. The molecule has 0 saturated heterocycles. The molecule has 0 aliphatic heterocycles. The molecule has 1 aromatic rings. The monoisotopic (exact) mass is 283 g/mol. The summed E-state index contributed by atoms with van der Waals surface area (Å²) in [5, 5.41) is 24.1. The Kier molecular flexibility index (Phi) is 5.27. The fourth-order valence-electron chi connectivity index (χ4n) is 1.28. The van der Waals surface area contributed by atoms with E-state index >= 15 is 0 Å². The van der Waals surface area contributed by atoms with Crippen LogP contribution in [0.4, 0.5) is 10.5 Å². The Morgan fingerprint density at radius 2 is 2.30 bits per heavy atom. The number of carbonyl (C=O) groups is 1. The van der Waals surface area contributed by atoms with Gasteiger partial charge in [-0.05, 0) is 6.92 Å². The van der Waals surface area contributed by atoms with Crippen molar-refractivity contribution in [1.29, 1.82) is 0 Å². The molecular weight excluding hydrogens is 270 g/mol. The number of hydrogen-bond acceptors (Lipinski definition) is 7. The van der Waals surface area contributed by atoms with Gasteiger partial charge < -0.3 is 14.6 Å². The number of nitro benzene ring substituents is 1. The summed E-state index contributed by atoms with van der Waals surface area (Å²) in [4.78, 5) is 20.9. The Morgan fingerprint density at radius 1 is 1.60 bits per heavy atom. The van der Waals surface area contributed by atoms with Gasteiger partial charge in [-0.15, -0.1) is 0 Å². The summed E-state index contributed by atoms with van der Waals surface area (Å²) in [6.45, 7) is 1.90. The molecule has 0 aliphatic carbocycles. The van der Waals surface area contributed by atoms with E-state index in [1.165, 1.54) is 0 Å². The first-order valence-electron chi connectivity index (χ1n) is 5.50. The van der Waals surface area contributed by atoms with Gasteiger partial charge in [-0.3, -0.25) is 10.1 Å². The zero-order valence-electron chi connectivity index (χ0n) is 10.8. The van der Waals surface area contributed by atoms with Crippen molar-refractivity contribution < 1.29 is 24.3 Å². The number of rotatable bonds is 5. The van der Waals surface area contributed by atoms with E-state index in [2.05, 4.69) is 9.84 Å². The van der Waals surface area contributed by atoms with Crippen molar-refractivity contribution in [2.45, 2.75) is 6.92 Å². The molecule has 20 heavy (non-hydrogen) atoms. The van der Waals surface area contributed by atoms with Gasteiger partial charge in [0.15, 0.2) is 11.5 Å². The maximum Gasteiger partial charge on any atom is 0.427 e. The van der Waals surface area contributed by atoms with Crippen LogP contribution in [0.5, 0.6) is 11.5 Å². The van der Waals surface area contributed by atoms with Gasteiger partial charge in [-0.2, -0.15) is 5.10 Å². The Hall–Kier alpha value is -2.84. The number of hydrazone groups is 1. The van der Waals surface area contributed by atoms with Crippen molar-refractivity contribution >= 4 is 18.0 Å². The molecular formula is C11H13N3O6. The zero-order chi connectivity index (χ0) is 15.1. The van der Waals surface area contributed by atoms with Crippen LogP contribution in [0, 0.1) is 10.1 Å². The number of non-ortho nitro benzene ring substituents is 1. The summed E-state index contributed by atoms with van der Waals surface area (Å²) in [5.74, 6) is -0.353. The molecule has 1 amide bonds. The van der Waals surface area contributed by atoms with Crippen molar-refractivity contribution in [3.05, 3.63) is 27.8 Å². The first-order valence-corrected chi connectivity index (χ1v) is 5.50. The lowest BCUT2D eigenvalue weighted by molar-refractivity contribution is -0.385. The summed E-state index contributed by atoms with van der Waals surface area (Å²) in [6, 6.07) is 2.20.